The van der Waals surface area contributed by atoms with Crippen molar-refractivity contribution < 1.29 is 14.7 Å². The first-order valence-electron chi connectivity index (χ1n) is 9.65. The summed E-state index contributed by atoms with van der Waals surface area (Å²) in [5.74, 6) is -0.0739. The van der Waals surface area contributed by atoms with Gasteiger partial charge in [0.05, 0.1) is 11.3 Å². The van der Waals surface area contributed by atoms with Crippen molar-refractivity contribution in [2.24, 2.45) is 0 Å². The molecule has 2 heterocycles. The molecule has 1 amide bonds. The maximum Gasteiger partial charge on any atom is 0.335 e. The highest BCUT2D eigenvalue weighted by Gasteiger charge is 2.19. The number of carboxylic acids is 1. The highest BCUT2D eigenvalue weighted by molar-refractivity contribution is 5.94. The van der Waals surface area contributed by atoms with Gasteiger partial charge in [-0.25, -0.2) is 14.8 Å². The molecule has 2 aromatic carbocycles. The van der Waals surface area contributed by atoms with E-state index in [0.29, 0.717) is 18.7 Å². The highest BCUT2D eigenvalue weighted by Crippen LogP contribution is 2.22. The lowest BCUT2D eigenvalue weighted by atomic mass is 10.1. The Balaban J connectivity index is 1.49. The highest BCUT2D eigenvalue weighted by atomic mass is 16.4. The molecule has 0 bridgehead atoms. The van der Waals surface area contributed by atoms with Gasteiger partial charge in [0, 0.05) is 36.8 Å². The molecule has 0 radical (unpaired) electrons. The molecule has 0 unspecified atom stereocenters. The number of anilines is 1. The van der Waals surface area contributed by atoms with Gasteiger partial charge >= 0.3 is 5.97 Å². The van der Waals surface area contributed by atoms with Crippen LogP contribution in [0.2, 0.25) is 0 Å². The number of aromatic nitrogens is 2. The first-order valence-corrected chi connectivity index (χ1v) is 9.65. The quantitative estimate of drug-likeness (QED) is 0.717. The normalized spacial score (nSPS) is 14.1. The third kappa shape index (κ3) is 4.32. The van der Waals surface area contributed by atoms with Crippen LogP contribution >= 0.6 is 0 Å². The van der Waals surface area contributed by atoms with Crippen LogP contribution in [-0.4, -0.2) is 33.5 Å². The SMILES string of the molecule is O=C(O)c1ccc(-c2ccnc(Cc3ccc(N4CCCCC4=O)cc3)n2)cc1. The fourth-order valence-corrected chi connectivity index (χ4v) is 3.48. The van der Waals surface area contributed by atoms with Crippen LogP contribution in [0.25, 0.3) is 11.3 Å². The molecule has 4 rings (SSSR count). The van der Waals surface area contributed by atoms with Gasteiger partial charge in [-0.05, 0) is 48.7 Å². The van der Waals surface area contributed by atoms with Crippen molar-refractivity contribution in [3.63, 3.8) is 0 Å². The van der Waals surface area contributed by atoms with Crippen LogP contribution in [0, 0.1) is 0 Å². The number of hydrogen-bond acceptors (Lipinski definition) is 4. The molecule has 0 atom stereocenters. The summed E-state index contributed by atoms with van der Waals surface area (Å²) in [6, 6.07) is 16.4. The zero-order valence-corrected chi connectivity index (χ0v) is 15.9. The van der Waals surface area contributed by atoms with E-state index in [1.807, 2.05) is 35.2 Å². The molecule has 1 aliphatic heterocycles. The molecule has 1 fully saturated rings. The third-order valence-corrected chi connectivity index (χ3v) is 5.07. The monoisotopic (exact) mass is 387 g/mol. The Morgan fingerprint density at radius 3 is 2.45 bits per heavy atom. The van der Waals surface area contributed by atoms with Gasteiger partial charge in [0.15, 0.2) is 0 Å². The molecular weight excluding hydrogens is 366 g/mol. The smallest absolute Gasteiger partial charge is 0.335 e. The number of benzene rings is 2. The van der Waals surface area contributed by atoms with E-state index < -0.39 is 5.97 Å². The largest absolute Gasteiger partial charge is 0.478 e. The minimum absolute atomic E-state index is 0.189. The van der Waals surface area contributed by atoms with Crippen molar-refractivity contribution >= 4 is 17.6 Å². The van der Waals surface area contributed by atoms with Crippen molar-refractivity contribution in [1.82, 2.24) is 9.97 Å². The van der Waals surface area contributed by atoms with E-state index >= 15 is 0 Å². The zero-order valence-electron chi connectivity index (χ0n) is 15.9. The number of carbonyl (C=O) groups excluding carboxylic acids is 1. The molecule has 0 saturated carbocycles. The van der Waals surface area contributed by atoms with Crippen molar-refractivity contribution in [2.75, 3.05) is 11.4 Å². The molecule has 6 nitrogen and oxygen atoms in total. The molecular formula is C23H21N3O3. The summed E-state index contributed by atoms with van der Waals surface area (Å²) in [4.78, 5) is 33.9. The fraction of sp³-hybridized carbons (Fsp3) is 0.217. The average Bonchev–Trinajstić information content (AvgIpc) is 2.75. The number of piperidine rings is 1. The predicted octanol–water partition coefficient (Wildman–Crippen LogP) is 3.95. The third-order valence-electron chi connectivity index (χ3n) is 5.07. The molecule has 6 heteroatoms. The summed E-state index contributed by atoms with van der Waals surface area (Å²) in [5, 5.41) is 9.02. The van der Waals surface area contributed by atoms with Crippen LogP contribution in [0.5, 0.6) is 0 Å². The van der Waals surface area contributed by atoms with Gasteiger partial charge in [0.25, 0.3) is 0 Å². The summed E-state index contributed by atoms with van der Waals surface area (Å²) in [6.07, 6.45) is 4.93. The molecule has 0 spiro atoms. The summed E-state index contributed by atoms with van der Waals surface area (Å²) in [6.45, 7) is 0.782. The summed E-state index contributed by atoms with van der Waals surface area (Å²) >= 11 is 0. The number of aromatic carboxylic acids is 1. The number of carboxylic acid groups (broad SMARTS) is 1. The summed E-state index contributed by atoms with van der Waals surface area (Å²) in [7, 11) is 0. The van der Waals surface area contributed by atoms with Crippen molar-refractivity contribution in [3.05, 3.63) is 77.7 Å². The van der Waals surface area contributed by atoms with Gasteiger partial charge < -0.3 is 10.0 Å². The van der Waals surface area contributed by atoms with E-state index in [4.69, 9.17) is 5.11 Å². The molecule has 0 aliphatic carbocycles. The minimum atomic E-state index is -0.949. The minimum Gasteiger partial charge on any atom is -0.478 e. The van der Waals surface area contributed by atoms with Crippen molar-refractivity contribution in [3.8, 4) is 11.3 Å². The zero-order chi connectivity index (χ0) is 20.2. The van der Waals surface area contributed by atoms with Crippen molar-refractivity contribution in [2.45, 2.75) is 25.7 Å². The summed E-state index contributed by atoms with van der Waals surface area (Å²) in [5.41, 5.74) is 3.85. The van der Waals surface area contributed by atoms with Crippen LogP contribution in [-0.2, 0) is 11.2 Å². The second-order valence-corrected chi connectivity index (χ2v) is 7.09. The van der Waals surface area contributed by atoms with Gasteiger partial charge in [-0.1, -0.05) is 24.3 Å². The standard InChI is InChI=1S/C23H21N3O3/c27-22-3-1-2-14-26(22)19-10-4-16(5-11-19)15-21-24-13-12-20(25-21)17-6-8-18(9-7-17)23(28)29/h4-13H,1-3,14-15H2,(H,28,29). The van der Waals surface area contributed by atoms with Crippen LogP contribution < -0.4 is 4.90 Å². The van der Waals surface area contributed by atoms with E-state index in [2.05, 4.69) is 9.97 Å². The Labute approximate surface area is 168 Å². The van der Waals surface area contributed by atoms with Crippen molar-refractivity contribution in [1.29, 1.82) is 0 Å². The van der Waals surface area contributed by atoms with Crippen LogP contribution in [0.15, 0.2) is 60.8 Å². The Kier molecular flexibility index (Phi) is 5.33. The van der Waals surface area contributed by atoms with Gasteiger partial charge in [-0.2, -0.15) is 0 Å². The fourth-order valence-electron chi connectivity index (χ4n) is 3.48. The number of rotatable bonds is 5. The van der Waals surface area contributed by atoms with Crippen LogP contribution in [0.3, 0.4) is 0 Å². The first-order chi connectivity index (χ1) is 14.1. The van der Waals surface area contributed by atoms with Crippen LogP contribution in [0.4, 0.5) is 5.69 Å². The first kappa shape index (κ1) is 18.8. The Morgan fingerprint density at radius 1 is 1.00 bits per heavy atom. The molecule has 1 saturated heterocycles. The Morgan fingerprint density at radius 2 is 1.76 bits per heavy atom. The van der Waals surface area contributed by atoms with Crippen LogP contribution in [0.1, 0.15) is 41.0 Å². The van der Waals surface area contributed by atoms with E-state index in [0.717, 1.165) is 41.9 Å². The maximum absolute atomic E-state index is 12.1. The van der Waals surface area contributed by atoms with Gasteiger partial charge in [0.2, 0.25) is 5.91 Å². The second kappa shape index (κ2) is 8.22. The number of amides is 1. The second-order valence-electron chi connectivity index (χ2n) is 7.09. The molecule has 3 aromatic rings. The molecule has 1 aromatic heterocycles. The lowest BCUT2D eigenvalue weighted by Gasteiger charge is -2.26. The maximum atomic E-state index is 12.1. The van der Waals surface area contributed by atoms with E-state index in [1.165, 1.54) is 0 Å². The van der Waals surface area contributed by atoms with E-state index in [-0.39, 0.29) is 11.5 Å². The molecule has 1 N–H and O–H groups in total. The lowest BCUT2D eigenvalue weighted by Crippen LogP contribution is -2.35. The van der Waals surface area contributed by atoms with Gasteiger partial charge in [-0.15, -0.1) is 0 Å². The predicted molar refractivity (Wildman–Crippen MR) is 110 cm³/mol. The van der Waals surface area contributed by atoms with E-state index in [1.54, 1.807) is 30.5 Å². The summed E-state index contributed by atoms with van der Waals surface area (Å²) < 4.78 is 0. The number of hydrogen-bond donors (Lipinski definition) is 1. The Bertz CT molecular complexity index is 1030. The lowest BCUT2D eigenvalue weighted by molar-refractivity contribution is -0.119. The van der Waals surface area contributed by atoms with Gasteiger partial charge in [-0.3, -0.25) is 4.79 Å². The molecule has 29 heavy (non-hydrogen) atoms. The Hall–Kier alpha value is -3.54. The topological polar surface area (TPSA) is 83.4 Å². The van der Waals surface area contributed by atoms with Gasteiger partial charge in [0.1, 0.15) is 5.82 Å². The molecule has 146 valence electrons. The number of carbonyl (C=O) groups is 2. The number of nitrogens with zero attached hydrogens (tertiary/aromatic N) is 3. The van der Waals surface area contributed by atoms with E-state index in [9.17, 15) is 9.59 Å². The molecule has 1 aliphatic rings. The average molecular weight is 387 g/mol.